The molecular weight excluding hydrogens is 210 g/mol. The Balaban J connectivity index is 1.73. The molecule has 2 rings (SSSR count). The molecule has 17 heavy (non-hydrogen) atoms. The van der Waals surface area contributed by atoms with E-state index in [0.717, 1.165) is 25.1 Å². The Morgan fingerprint density at radius 1 is 1.12 bits per heavy atom. The van der Waals surface area contributed by atoms with Crippen molar-refractivity contribution in [2.45, 2.75) is 12.8 Å². The maximum Gasteiger partial charge on any atom is 0.0547 e. The highest BCUT2D eigenvalue weighted by Crippen LogP contribution is 2.09. The number of nitrogens with zero attached hydrogens (tertiary/aromatic N) is 1. The van der Waals surface area contributed by atoms with Crippen molar-refractivity contribution >= 4 is 11.4 Å². The van der Waals surface area contributed by atoms with Gasteiger partial charge in [0.1, 0.15) is 0 Å². The van der Waals surface area contributed by atoms with Gasteiger partial charge in [0.15, 0.2) is 0 Å². The van der Waals surface area contributed by atoms with E-state index in [1.807, 2.05) is 12.1 Å². The zero-order chi connectivity index (χ0) is 11.9. The summed E-state index contributed by atoms with van der Waals surface area (Å²) in [4.78, 5) is 4.03. The number of nitrogens with two attached hydrogens (primary N) is 1. The highest BCUT2D eigenvalue weighted by molar-refractivity contribution is 5.51. The van der Waals surface area contributed by atoms with Crippen LogP contribution in [0.2, 0.25) is 0 Å². The molecule has 3 nitrogen and oxygen atoms in total. The van der Waals surface area contributed by atoms with Crippen molar-refractivity contribution < 1.29 is 0 Å². The number of hydrogen-bond acceptors (Lipinski definition) is 3. The predicted molar refractivity (Wildman–Crippen MR) is 71.9 cm³/mol. The molecule has 0 aliphatic carbocycles. The van der Waals surface area contributed by atoms with Gasteiger partial charge in [0.2, 0.25) is 0 Å². The van der Waals surface area contributed by atoms with E-state index in [4.69, 9.17) is 5.73 Å². The summed E-state index contributed by atoms with van der Waals surface area (Å²) in [7, 11) is 0. The summed E-state index contributed by atoms with van der Waals surface area (Å²) >= 11 is 0. The lowest BCUT2D eigenvalue weighted by molar-refractivity contribution is 0.862. The fourth-order valence-corrected chi connectivity index (χ4v) is 1.72. The molecule has 0 bridgehead atoms. The summed E-state index contributed by atoms with van der Waals surface area (Å²) in [6.45, 7) is 0.931. The third-order valence-electron chi connectivity index (χ3n) is 2.57. The second-order valence-electron chi connectivity index (χ2n) is 4.02. The third kappa shape index (κ3) is 3.79. The number of nitrogen functional groups attached to an aromatic ring is 1. The smallest absolute Gasteiger partial charge is 0.0547 e. The van der Waals surface area contributed by atoms with E-state index in [-0.39, 0.29) is 0 Å². The van der Waals surface area contributed by atoms with E-state index in [0.29, 0.717) is 5.69 Å². The van der Waals surface area contributed by atoms with Crippen molar-refractivity contribution in [3.63, 3.8) is 0 Å². The van der Waals surface area contributed by atoms with Gasteiger partial charge >= 0.3 is 0 Å². The molecule has 0 radical (unpaired) electrons. The molecule has 1 aromatic carbocycles. The van der Waals surface area contributed by atoms with Crippen LogP contribution in [0.25, 0.3) is 0 Å². The minimum atomic E-state index is 0.693. The predicted octanol–water partition coefficient (Wildman–Crippen LogP) is 2.71. The molecule has 88 valence electrons. The van der Waals surface area contributed by atoms with Crippen LogP contribution < -0.4 is 11.1 Å². The highest BCUT2D eigenvalue weighted by Gasteiger charge is 1.94. The van der Waals surface area contributed by atoms with Crippen molar-refractivity contribution in [3.8, 4) is 0 Å². The summed E-state index contributed by atoms with van der Waals surface area (Å²) in [6.07, 6.45) is 5.62. The van der Waals surface area contributed by atoms with Gasteiger partial charge in [0.05, 0.1) is 17.6 Å². The molecule has 1 heterocycles. The quantitative estimate of drug-likeness (QED) is 0.772. The molecule has 2 aromatic rings. The molecule has 0 saturated carbocycles. The molecule has 3 N–H and O–H groups in total. The first-order valence-corrected chi connectivity index (χ1v) is 5.83. The first-order valence-electron chi connectivity index (χ1n) is 5.83. The lowest BCUT2D eigenvalue weighted by Gasteiger charge is -2.06. The number of hydrogen-bond donors (Lipinski definition) is 2. The minimum absolute atomic E-state index is 0.693. The lowest BCUT2D eigenvalue weighted by atomic mass is 10.1. The summed E-state index contributed by atoms with van der Waals surface area (Å²) in [5.41, 5.74) is 8.70. The maximum atomic E-state index is 5.65. The van der Waals surface area contributed by atoms with Crippen LogP contribution in [0.1, 0.15) is 12.0 Å². The van der Waals surface area contributed by atoms with E-state index in [2.05, 4.69) is 34.6 Å². The number of aromatic nitrogens is 1. The zero-order valence-electron chi connectivity index (χ0n) is 9.76. The van der Waals surface area contributed by atoms with Gasteiger partial charge in [-0.2, -0.15) is 0 Å². The van der Waals surface area contributed by atoms with E-state index >= 15 is 0 Å². The zero-order valence-corrected chi connectivity index (χ0v) is 9.76. The van der Waals surface area contributed by atoms with Gasteiger partial charge < -0.3 is 11.1 Å². The van der Waals surface area contributed by atoms with Crippen LogP contribution in [0.5, 0.6) is 0 Å². The van der Waals surface area contributed by atoms with Crippen LogP contribution in [-0.2, 0) is 6.42 Å². The molecule has 0 aliphatic heterocycles. The second-order valence-corrected chi connectivity index (χ2v) is 4.02. The van der Waals surface area contributed by atoms with Crippen LogP contribution in [-0.4, -0.2) is 11.5 Å². The van der Waals surface area contributed by atoms with Gasteiger partial charge in [-0.25, -0.2) is 0 Å². The largest absolute Gasteiger partial charge is 0.397 e. The Labute approximate surface area is 102 Å². The number of pyridine rings is 1. The van der Waals surface area contributed by atoms with Crippen LogP contribution in [0, 0.1) is 0 Å². The molecule has 0 spiro atoms. The summed E-state index contributed by atoms with van der Waals surface area (Å²) in [6, 6.07) is 12.4. The van der Waals surface area contributed by atoms with Crippen molar-refractivity contribution in [1.29, 1.82) is 0 Å². The second kappa shape index (κ2) is 5.89. The monoisotopic (exact) mass is 227 g/mol. The molecule has 0 aliphatic rings. The molecular formula is C14H17N3. The SMILES string of the molecule is Nc1cncc(NCCCc2ccccc2)c1. The Bertz CT molecular complexity index is 454. The van der Waals surface area contributed by atoms with Crippen LogP contribution in [0.15, 0.2) is 48.8 Å². The summed E-state index contributed by atoms with van der Waals surface area (Å²) in [5.74, 6) is 0. The molecule has 0 amide bonds. The average Bonchev–Trinajstić information content (AvgIpc) is 2.36. The van der Waals surface area contributed by atoms with E-state index < -0.39 is 0 Å². The number of nitrogens with one attached hydrogen (secondary N) is 1. The van der Waals surface area contributed by atoms with Gasteiger partial charge in [-0.05, 0) is 24.5 Å². The van der Waals surface area contributed by atoms with Crippen molar-refractivity contribution in [1.82, 2.24) is 4.98 Å². The number of rotatable bonds is 5. The van der Waals surface area contributed by atoms with Gasteiger partial charge in [-0.1, -0.05) is 30.3 Å². The van der Waals surface area contributed by atoms with Crippen LogP contribution in [0.4, 0.5) is 11.4 Å². The fraction of sp³-hybridized carbons (Fsp3) is 0.214. The Morgan fingerprint density at radius 2 is 1.94 bits per heavy atom. The van der Waals surface area contributed by atoms with Crippen molar-refractivity contribution in [3.05, 3.63) is 54.4 Å². The molecule has 0 saturated heterocycles. The van der Waals surface area contributed by atoms with Crippen molar-refractivity contribution in [2.75, 3.05) is 17.6 Å². The average molecular weight is 227 g/mol. The van der Waals surface area contributed by atoms with Gasteiger partial charge in [0.25, 0.3) is 0 Å². The maximum absolute atomic E-state index is 5.65. The molecule has 0 fully saturated rings. The fourth-order valence-electron chi connectivity index (χ4n) is 1.72. The lowest BCUT2D eigenvalue weighted by Crippen LogP contribution is -2.03. The first-order chi connectivity index (χ1) is 8.34. The van der Waals surface area contributed by atoms with Crippen molar-refractivity contribution in [2.24, 2.45) is 0 Å². The van der Waals surface area contributed by atoms with Crippen LogP contribution >= 0.6 is 0 Å². The van der Waals surface area contributed by atoms with Crippen LogP contribution in [0.3, 0.4) is 0 Å². The van der Waals surface area contributed by atoms with Gasteiger partial charge in [-0.3, -0.25) is 4.98 Å². The standard InChI is InChI=1S/C14H17N3/c15-13-9-14(11-16-10-13)17-8-4-7-12-5-2-1-3-6-12/h1-3,5-6,9-11,17H,4,7-8,15H2. The highest BCUT2D eigenvalue weighted by atomic mass is 14.9. The molecule has 3 heteroatoms. The summed E-state index contributed by atoms with van der Waals surface area (Å²) < 4.78 is 0. The number of anilines is 2. The van der Waals surface area contributed by atoms with E-state index in [9.17, 15) is 0 Å². The third-order valence-corrected chi connectivity index (χ3v) is 2.57. The molecule has 0 atom stereocenters. The van der Waals surface area contributed by atoms with Gasteiger partial charge in [0, 0.05) is 12.7 Å². The minimum Gasteiger partial charge on any atom is -0.397 e. The Kier molecular flexibility index (Phi) is 3.97. The number of benzene rings is 1. The summed E-state index contributed by atoms with van der Waals surface area (Å²) in [5, 5.41) is 3.31. The molecule has 1 aromatic heterocycles. The first kappa shape index (κ1) is 11.5. The Hall–Kier alpha value is -2.03. The number of aryl methyl sites for hydroxylation is 1. The van der Waals surface area contributed by atoms with E-state index in [1.54, 1.807) is 12.4 Å². The van der Waals surface area contributed by atoms with E-state index in [1.165, 1.54) is 5.56 Å². The normalized spacial score (nSPS) is 10.1. The topological polar surface area (TPSA) is 50.9 Å². The Morgan fingerprint density at radius 3 is 2.71 bits per heavy atom. The molecule has 0 unspecified atom stereocenters. The van der Waals surface area contributed by atoms with Gasteiger partial charge in [-0.15, -0.1) is 0 Å².